The number of carbonyl (C=O) groups excluding carboxylic acids is 1. The summed E-state index contributed by atoms with van der Waals surface area (Å²) in [4.78, 5) is 13.3. The Balaban J connectivity index is 2.00. The number of benzene rings is 1. The number of amides is 1. The summed E-state index contributed by atoms with van der Waals surface area (Å²) in [6.45, 7) is 5.53. The second-order valence-electron chi connectivity index (χ2n) is 4.63. The van der Waals surface area contributed by atoms with Gasteiger partial charge in [0.15, 0.2) is 0 Å². The molecule has 1 amide bonds. The summed E-state index contributed by atoms with van der Waals surface area (Å²) in [5, 5.41) is 6.33. The minimum absolute atomic E-state index is 0.0891. The first kappa shape index (κ1) is 14.2. The number of carbonyl (C=O) groups is 1. The van der Waals surface area contributed by atoms with Gasteiger partial charge in [0.25, 0.3) is 0 Å². The van der Waals surface area contributed by atoms with Crippen LogP contribution in [-0.2, 0) is 4.79 Å². The van der Waals surface area contributed by atoms with E-state index >= 15 is 0 Å². The van der Waals surface area contributed by atoms with Gasteiger partial charge in [-0.3, -0.25) is 4.79 Å². The molecule has 1 fully saturated rings. The van der Waals surface area contributed by atoms with E-state index in [0.717, 1.165) is 42.3 Å². The van der Waals surface area contributed by atoms with Gasteiger partial charge >= 0.3 is 0 Å². The molecule has 2 rings (SSSR count). The minimum atomic E-state index is 0.0891. The van der Waals surface area contributed by atoms with Gasteiger partial charge in [-0.25, -0.2) is 0 Å². The van der Waals surface area contributed by atoms with Crippen molar-refractivity contribution in [3.63, 3.8) is 0 Å². The lowest BCUT2D eigenvalue weighted by molar-refractivity contribution is -0.120. The molecule has 102 valence electrons. The summed E-state index contributed by atoms with van der Waals surface area (Å²) in [6, 6.07) is 7.93. The Kier molecular flexibility index (Phi) is 5.48. The van der Waals surface area contributed by atoms with Gasteiger partial charge < -0.3 is 10.6 Å². The molecule has 0 saturated carbocycles. The Labute approximate surface area is 118 Å². The molecule has 1 aromatic carbocycles. The SMILES string of the molecule is C=CCSc1ccccc1NC(=O)[C@@H]1CCCNC1. The summed E-state index contributed by atoms with van der Waals surface area (Å²) < 4.78 is 0. The van der Waals surface area contributed by atoms with Crippen molar-refractivity contribution < 1.29 is 4.79 Å². The zero-order valence-corrected chi connectivity index (χ0v) is 11.8. The second kappa shape index (κ2) is 7.36. The van der Waals surface area contributed by atoms with Gasteiger partial charge in [0, 0.05) is 17.2 Å². The molecular formula is C15H20N2OS. The van der Waals surface area contributed by atoms with Gasteiger partial charge in [-0.1, -0.05) is 18.2 Å². The third-order valence-corrected chi connectivity index (χ3v) is 4.24. The summed E-state index contributed by atoms with van der Waals surface area (Å²) in [5.74, 6) is 1.06. The van der Waals surface area contributed by atoms with Crippen LogP contribution in [0.1, 0.15) is 12.8 Å². The van der Waals surface area contributed by atoms with Crippen LogP contribution in [0.5, 0.6) is 0 Å². The van der Waals surface area contributed by atoms with E-state index in [0.29, 0.717) is 0 Å². The van der Waals surface area contributed by atoms with Crippen molar-refractivity contribution in [2.75, 3.05) is 24.2 Å². The lowest BCUT2D eigenvalue weighted by Crippen LogP contribution is -2.37. The molecule has 1 saturated heterocycles. The first-order valence-electron chi connectivity index (χ1n) is 6.65. The van der Waals surface area contributed by atoms with Crippen molar-refractivity contribution in [3.8, 4) is 0 Å². The Hall–Kier alpha value is -1.26. The number of rotatable bonds is 5. The molecular weight excluding hydrogens is 256 g/mol. The van der Waals surface area contributed by atoms with E-state index in [1.807, 2.05) is 30.3 Å². The van der Waals surface area contributed by atoms with Crippen LogP contribution in [0.3, 0.4) is 0 Å². The van der Waals surface area contributed by atoms with E-state index in [1.54, 1.807) is 11.8 Å². The quantitative estimate of drug-likeness (QED) is 0.642. The Morgan fingerprint density at radius 3 is 3.11 bits per heavy atom. The Bertz CT molecular complexity index is 442. The fourth-order valence-corrected chi connectivity index (χ4v) is 2.90. The van der Waals surface area contributed by atoms with Crippen molar-refractivity contribution in [2.24, 2.45) is 5.92 Å². The van der Waals surface area contributed by atoms with E-state index in [2.05, 4.69) is 17.2 Å². The van der Waals surface area contributed by atoms with Crippen LogP contribution < -0.4 is 10.6 Å². The van der Waals surface area contributed by atoms with E-state index in [9.17, 15) is 4.79 Å². The van der Waals surface area contributed by atoms with Gasteiger partial charge in [0.05, 0.1) is 11.6 Å². The van der Waals surface area contributed by atoms with Gasteiger partial charge in [0.1, 0.15) is 0 Å². The highest BCUT2D eigenvalue weighted by molar-refractivity contribution is 7.99. The first-order chi connectivity index (χ1) is 9.31. The van der Waals surface area contributed by atoms with Crippen LogP contribution in [0.25, 0.3) is 0 Å². The predicted octanol–water partition coefficient (Wildman–Crippen LogP) is 2.90. The van der Waals surface area contributed by atoms with Gasteiger partial charge in [-0.2, -0.15) is 0 Å². The van der Waals surface area contributed by atoms with E-state index in [4.69, 9.17) is 0 Å². The van der Waals surface area contributed by atoms with Crippen molar-refractivity contribution >= 4 is 23.4 Å². The zero-order valence-electron chi connectivity index (χ0n) is 11.0. The lowest BCUT2D eigenvalue weighted by atomic mass is 9.99. The van der Waals surface area contributed by atoms with Crippen LogP contribution in [-0.4, -0.2) is 24.7 Å². The molecule has 0 bridgehead atoms. The Morgan fingerprint density at radius 1 is 1.53 bits per heavy atom. The third kappa shape index (κ3) is 4.11. The van der Waals surface area contributed by atoms with E-state index < -0.39 is 0 Å². The first-order valence-corrected chi connectivity index (χ1v) is 7.64. The highest BCUT2D eigenvalue weighted by Crippen LogP contribution is 2.27. The number of hydrogen-bond donors (Lipinski definition) is 2. The van der Waals surface area contributed by atoms with Crippen LogP contribution >= 0.6 is 11.8 Å². The monoisotopic (exact) mass is 276 g/mol. The number of nitrogens with one attached hydrogen (secondary N) is 2. The summed E-state index contributed by atoms with van der Waals surface area (Å²) >= 11 is 1.69. The molecule has 1 heterocycles. The van der Waals surface area contributed by atoms with Crippen molar-refractivity contribution in [2.45, 2.75) is 17.7 Å². The molecule has 0 radical (unpaired) electrons. The lowest BCUT2D eigenvalue weighted by Gasteiger charge is -2.22. The fraction of sp³-hybridized carbons (Fsp3) is 0.400. The van der Waals surface area contributed by atoms with Gasteiger partial charge in [-0.05, 0) is 31.5 Å². The average molecular weight is 276 g/mol. The van der Waals surface area contributed by atoms with Crippen LogP contribution in [0, 0.1) is 5.92 Å². The largest absolute Gasteiger partial charge is 0.325 e. The molecule has 0 aromatic heterocycles. The van der Waals surface area contributed by atoms with Crippen LogP contribution in [0.2, 0.25) is 0 Å². The standard InChI is InChI=1S/C15H20N2OS/c1-2-10-19-14-8-4-3-7-13(14)17-15(18)12-6-5-9-16-11-12/h2-4,7-8,12,16H,1,5-6,9-11H2,(H,17,18)/t12-/m1/s1. The number of hydrogen-bond acceptors (Lipinski definition) is 3. The second-order valence-corrected chi connectivity index (χ2v) is 5.69. The highest BCUT2D eigenvalue weighted by atomic mass is 32.2. The number of thioether (sulfide) groups is 1. The minimum Gasteiger partial charge on any atom is -0.325 e. The summed E-state index contributed by atoms with van der Waals surface area (Å²) in [7, 11) is 0. The van der Waals surface area contributed by atoms with Crippen molar-refractivity contribution in [1.82, 2.24) is 5.32 Å². The van der Waals surface area contributed by atoms with Gasteiger partial charge in [0.2, 0.25) is 5.91 Å². The number of para-hydroxylation sites is 1. The predicted molar refractivity (Wildman–Crippen MR) is 81.6 cm³/mol. The molecule has 2 N–H and O–H groups in total. The maximum atomic E-state index is 12.2. The molecule has 3 nitrogen and oxygen atoms in total. The third-order valence-electron chi connectivity index (χ3n) is 3.17. The molecule has 0 aliphatic carbocycles. The molecule has 1 aliphatic rings. The van der Waals surface area contributed by atoms with E-state index in [-0.39, 0.29) is 11.8 Å². The van der Waals surface area contributed by atoms with Crippen LogP contribution in [0.15, 0.2) is 41.8 Å². The smallest absolute Gasteiger partial charge is 0.228 e. The Morgan fingerprint density at radius 2 is 2.37 bits per heavy atom. The maximum absolute atomic E-state index is 12.2. The average Bonchev–Trinajstić information content (AvgIpc) is 2.47. The maximum Gasteiger partial charge on any atom is 0.228 e. The normalized spacial score (nSPS) is 18.8. The fourth-order valence-electron chi connectivity index (χ4n) is 2.15. The molecule has 0 spiro atoms. The molecule has 19 heavy (non-hydrogen) atoms. The number of anilines is 1. The molecule has 1 aromatic rings. The topological polar surface area (TPSA) is 41.1 Å². The molecule has 4 heteroatoms. The molecule has 0 unspecified atom stereocenters. The summed E-state index contributed by atoms with van der Waals surface area (Å²) in [6.07, 6.45) is 3.92. The zero-order chi connectivity index (χ0) is 13.5. The van der Waals surface area contributed by atoms with Crippen LogP contribution in [0.4, 0.5) is 5.69 Å². The number of piperidine rings is 1. The highest BCUT2D eigenvalue weighted by Gasteiger charge is 2.21. The van der Waals surface area contributed by atoms with Gasteiger partial charge in [-0.15, -0.1) is 18.3 Å². The van der Waals surface area contributed by atoms with Crippen molar-refractivity contribution in [3.05, 3.63) is 36.9 Å². The molecule has 1 aliphatic heterocycles. The van der Waals surface area contributed by atoms with Crippen molar-refractivity contribution in [1.29, 1.82) is 0 Å². The van der Waals surface area contributed by atoms with E-state index in [1.165, 1.54) is 0 Å². The summed E-state index contributed by atoms with van der Waals surface area (Å²) in [5.41, 5.74) is 0.907. The molecule has 1 atom stereocenters.